The van der Waals surface area contributed by atoms with Gasteiger partial charge in [-0.05, 0) is 37.7 Å². The topological polar surface area (TPSA) is 40.6 Å². The van der Waals surface area contributed by atoms with E-state index in [0.29, 0.717) is 12.5 Å². The van der Waals surface area contributed by atoms with E-state index in [1.165, 1.54) is 24.8 Å². The summed E-state index contributed by atoms with van der Waals surface area (Å²) in [4.78, 5) is 28.4. The van der Waals surface area contributed by atoms with Gasteiger partial charge in [0.25, 0.3) is 0 Å². The van der Waals surface area contributed by atoms with Crippen LogP contribution in [0.2, 0.25) is 0 Å². The van der Waals surface area contributed by atoms with Crippen molar-refractivity contribution < 1.29 is 9.59 Å². The first kappa shape index (κ1) is 15.1. The lowest BCUT2D eigenvalue weighted by atomic mass is 9.84. The molecule has 0 unspecified atom stereocenters. The molecule has 0 N–H and O–H groups in total. The Morgan fingerprint density at radius 3 is 2.50 bits per heavy atom. The molecule has 1 saturated heterocycles. The van der Waals surface area contributed by atoms with Crippen molar-refractivity contribution in [1.82, 2.24) is 9.80 Å². The summed E-state index contributed by atoms with van der Waals surface area (Å²) in [5, 5.41) is 0. The SMILES string of the molecule is C[C@@H]1C(=O)N(CCc2ccccc2)CC(=O)N1CC1CCC1. The van der Waals surface area contributed by atoms with Crippen molar-refractivity contribution in [2.24, 2.45) is 5.92 Å². The highest BCUT2D eigenvalue weighted by Gasteiger charge is 2.37. The van der Waals surface area contributed by atoms with E-state index in [1.807, 2.05) is 25.1 Å². The fraction of sp³-hybridized carbons (Fsp3) is 0.556. The normalized spacial score (nSPS) is 22.9. The Labute approximate surface area is 132 Å². The standard InChI is InChI=1S/C18H24N2O2/c1-14-18(22)19(11-10-15-6-3-2-4-7-15)13-17(21)20(14)12-16-8-5-9-16/h2-4,6-7,14,16H,5,8-13H2,1H3/t14-/m1/s1. The number of amides is 2. The molecule has 2 amide bonds. The molecule has 2 aliphatic rings. The van der Waals surface area contributed by atoms with Gasteiger partial charge in [0.05, 0.1) is 6.54 Å². The number of hydrogen-bond acceptors (Lipinski definition) is 2. The summed E-state index contributed by atoms with van der Waals surface area (Å²) in [5.74, 6) is 0.803. The Bertz CT molecular complexity index is 539. The highest BCUT2D eigenvalue weighted by atomic mass is 16.2. The van der Waals surface area contributed by atoms with Gasteiger partial charge in [0, 0.05) is 13.1 Å². The van der Waals surface area contributed by atoms with Crippen LogP contribution in [0, 0.1) is 5.92 Å². The summed E-state index contributed by atoms with van der Waals surface area (Å²) in [7, 11) is 0. The zero-order chi connectivity index (χ0) is 15.5. The molecule has 1 aromatic carbocycles. The van der Waals surface area contributed by atoms with E-state index < -0.39 is 0 Å². The molecule has 22 heavy (non-hydrogen) atoms. The molecule has 1 aliphatic heterocycles. The summed E-state index contributed by atoms with van der Waals surface area (Å²) in [5.41, 5.74) is 1.20. The molecule has 3 rings (SSSR count). The number of rotatable bonds is 5. The Hall–Kier alpha value is -1.84. The number of carbonyl (C=O) groups is 2. The molecule has 1 heterocycles. The van der Waals surface area contributed by atoms with Gasteiger partial charge in [-0.2, -0.15) is 0 Å². The smallest absolute Gasteiger partial charge is 0.245 e. The van der Waals surface area contributed by atoms with Crippen LogP contribution in [0.15, 0.2) is 30.3 Å². The van der Waals surface area contributed by atoms with Crippen LogP contribution in [0.1, 0.15) is 31.7 Å². The van der Waals surface area contributed by atoms with Gasteiger partial charge in [-0.25, -0.2) is 0 Å². The Morgan fingerprint density at radius 2 is 1.86 bits per heavy atom. The Balaban J connectivity index is 1.58. The van der Waals surface area contributed by atoms with Crippen molar-refractivity contribution in [2.45, 2.75) is 38.6 Å². The zero-order valence-corrected chi connectivity index (χ0v) is 13.2. The largest absolute Gasteiger partial charge is 0.331 e. The van der Waals surface area contributed by atoms with Crippen molar-refractivity contribution in [3.63, 3.8) is 0 Å². The zero-order valence-electron chi connectivity index (χ0n) is 13.2. The first-order valence-corrected chi connectivity index (χ1v) is 8.27. The number of nitrogens with zero attached hydrogens (tertiary/aromatic N) is 2. The molecular weight excluding hydrogens is 276 g/mol. The maximum atomic E-state index is 12.5. The molecular formula is C18H24N2O2. The molecule has 1 atom stereocenters. The second-order valence-corrected chi connectivity index (χ2v) is 6.51. The van der Waals surface area contributed by atoms with Crippen LogP contribution < -0.4 is 0 Å². The van der Waals surface area contributed by atoms with Gasteiger partial charge in [0.1, 0.15) is 6.04 Å². The summed E-state index contributed by atoms with van der Waals surface area (Å²) < 4.78 is 0. The molecule has 0 spiro atoms. The summed E-state index contributed by atoms with van der Waals surface area (Å²) in [6.07, 6.45) is 4.46. The predicted molar refractivity (Wildman–Crippen MR) is 85.2 cm³/mol. The van der Waals surface area contributed by atoms with Crippen molar-refractivity contribution in [3.05, 3.63) is 35.9 Å². The van der Waals surface area contributed by atoms with Gasteiger partial charge in [-0.3, -0.25) is 9.59 Å². The fourth-order valence-corrected chi connectivity index (χ4v) is 3.26. The van der Waals surface area contributed by atoms with E-state index in [0.717, 1.165) is 13.0 Å². The van der Waals surface area contributed by atoms with Gasteiger partial charge >= 0.3 is 0 Å². The first-order chi connectivity index (χ1) is 10.6. The maximum Gasteiger partial charge on any atom is 0.245 e. The summed E-state index contributed by atoms with van der Waals surface area (Å²) in [6, 6.07) is 9.80. The van der Waals surface area contributed by atoms with E-state index in [1.54, 1.807) is 9.80 Å². The third-order valence-electron chi connectivity index (χ3n) is 4.98. The van der Waals surface area contributed by atoms with Gasteiger partial charge in [-0.1, -0.05) is 36.8 Å². The number of carbonyl (C=O) groups excluding carboxylic acids is 2. The van der Waals surface area contributed by atoms with Gasteiger partial charge in [0.15, 0.2) is 0 Å². The molecule has 1 saturated carbocycles. The van der Waals surface area contributed by atoms with Crippen molar-refractivity contribution in [3.8, 4) is 0 Å². The fourth-order valence-electron chi connectivity index (χ4n) is 3.26. The van der Waals surface area contributed by atoms with Crippen LogP contribution in [0.4, 0.5) is 0 Å². The van der Waals surface area contributed by atoms with Gasteiger partial charge in [-0.15, -0.1) is 0 Å². The highest BCUT2D eigenvalue weighted by Crippen LogP contribution is 2.28. The quantitative estimate of drug-likeness (QED) is 0.835. The number of benzene rings is 1. The molecule has 2 fully saturated rings. The first-order valence-electron chi connectivity index (χ1n) is 8.27. The molecule has 1 aliphatic carbocycles. The van der Waals surface area contributed by atoms with Crippen LogP contribution in [0.3, 0.4) is 0 Å². The van der Waals surface area contributed by atoms with Crippen molar-refractivity contribution >= 4 is 11.8 Å². The third-order valence-corrected chi connectivity index (χ3v) is 4.98. The monoisotopic (exact) mass is 300 g/mol. The molecule has 4 nitrogen and oxygen atoms in total. The number of piperazine rings is 1. The Morgan fingerprint density at radius 1 is 1.14 bits per heavy atom. The Kier molecular flexibility index (Phi) is 4.46. The lowest BCUT2D eigenvalue weighted by Crippen LogP contribution is -2.60. The van der Waals surface area contributed by atoms with E-state index in [2.05, 4.69) is 12.1 Å². The molecule has 118 valence electrons. The van der Waals surface area contributed by atoms with Gasteiger partial charge in [0.2, 0.25) is 11.8 Å². The summed E-state index contributed by atoms with van der Waals surface area (Å²) >= 11 is 0. The van der Waals surface area contributed by atoms with E-state index in [9.17, 15) is 9.59 Å². The van der Waals surface area contributed by atoms with Crippen LogP contribution in [-0.2, 0) is 16.0 Å². The van der Waals surface area contributed by atoms with Crippen LogP contribution in [0.25, 0.3) is 0 Å². The minimum absolute atomic E-state index is 0.0925. The van der Waals surface area contributed by atoms with E-state index in [4.69, 9.17) is 0 Å². The summed E-state index contributed by atoms with van der Waals surface area (Å²) in [6.45, 7) is 3.49. The molecule has 0 aromatic heterocycles. The average molecular weight is 300 g/mol. The second kappa shape index (κ2) is 6.51. The van der Waals surface area contributed by atoms with E-state index >= 15 is 0 Å². The minimum Gasteiger partial charge on any atom is -0.331 e. The second-order valence-electron chi connectivity index (χ2n) is 6.51. The van der Waals surface area contributed by atoms with Crippen molar-refractivity contribution in [1.29, 1.82) is 0 Å². The predicted octanol–water partition coefficient (Wildman–Crippen LogP) is 2.09. The molecule has 1 aromatic rings. The minimum atomic E-state index is -0.308. The van der Waals surface area contributed by atoms with Crippen LogP contribution >= 0.6 is 0 Å². The van der Waals surface area contributed by atoms with Crippen LogP contribution in [-0.4, -0.2) is 47.3 Å². The lowest BCUT2D eigenvalue weighted by molar-refractivity contribution is -0.156. The van der Waals surface area contributed by atoms with Gasteiger partial charge < -0.3 is 9.80 Å². The average Bonchev–Trinajstić information content (AvgIpc) is 2.49. The third kappa shape index (κ3) is 3.16. The highest BCUT2D eigenvalue weighted by molar-refractivity contribution is 5.94. The molecule has 0 radical (unpaired) electrons. The van der Waals surface area contributed by atoms with E-state index in [-0.39, 0.29) is 24.4 Å². The number of hydrogen-bond donors (Lipinski definition) is 0. The van der Waals surface area contributed by atoms with Crippen molar-refractivity contribution in [2.75, 3.05) is 19.6 Å². The maximum absolute atomic E-state index is 12.5. The molecule has 0 bridgehead atoms. The lowest BCUT2D eigenvalue weighted by Gasteiger charge is -2.41. The molecule has 4 heteroatoms. The van der Waals surface area contributed by atoms with Crippen LogP contribution in [0.5, 0.6) is 0 Å².